The molecule has 10 rings (SSSR count). The molecular weight excluding hydrogens is 625 g/mol. The van der Waals surface area contributed by atoms with Gasteiger partial charge < -0.3 is 0 Å². The smallest absolute Gasteiger partial charge is 0.00205 e. The van der Waals surface area contributed by atoms with Gasteiger partial charge in [-0.3, -0.25) is 0 Å². The number of fused-ring (bicyclic) bond motifs is 3. The maximum atomic E-state index is 2.36. The van der Waals surface area contributed by atoms with Gasteiger partial charge >= 0.3 is 0 Å². The van der Waals surface area contributed by atoms with E-state index in [0.717, 1.165) is 0 Å². The molecule has 250 valence electrons. The van der Waals surface area contributed by atoms with Crippen molar-refractivity contribution < 1.29 is 0 Å². The molecule has 0 amide bonds. The van der Waals surface area contributed by atoms with Crippen LogP contribution in [0.15, 0.2) is 170 Å². The lowest BCUT2D eigenvalue weighted by Crippen LogP contribution is -1.95. The zero-order chi connectivity index (χ0) is 35.3. The zero-order valence-electron chi connectivity index (χ0n) is 30.3. The first-order valence-corrected chi connectivity index (χ1v) is 18.7. The van der Waals surface area contributed by atoms with Gasteiger partial charge in [-0.05, 0) is 122 Å². The monoisotopic (exact) mass is 666 g/mol. The minimum atomic E-state index is 0.477. The van der Waals surface area contributed by atoms with Crippen molar-refractivity contribution in [3.8, 4) is 22.3 Å². The molecule has 0 saturated carbocycles. The molecule has 0 unspecified atom stereocenters. The molecule has 10 aromatic rings. The molecule has 0 bridgehead atoms. The number of benzene rings is 10. The summed E-state index contributed by atoms with van der Waals surface area (Å²) in [5.74, 6) is 1.00. The molecule has 0 fully saturated rings. The molecule has 0 aliphatic heterocycles. The maximum absolute atomic E-state index is 2.36. The van der Waals surface area contributed by atoms with E-state index in [2.05, 4.69) is 198 Å². The van der Waals surface area contributed by atoms with Crippen molar-refractivity contribution in [2.45, 2.75) is 39.5 Å². The largest absolute Gasteiger partial charge is 0.0622 e. The van der Waals surface area contributed by atoms with Crippen LogP contribution in [-0.2, 0) is 0 Å². The first-order valence-electron chi connectivity index (χ1n) is 18.7. The normalized spacial score (nSPS) is 11.8. The molecule has 0 saturated heterocycles. The second-order valence-corrected chi connectivity index (χ2v) is 14.8. The van der Waals surface area contributed by atoms with Crippen molar-refractivity contribution in [2.75, 3.05) is 0 Å². The minimum Gasteiger partial charge on any atom is -0.0622 e. The van der Waals surface area contributed by atoms with Crippen LogP contribution in [0.5, 0.6) is 0 Å². The Morgan fingerprint density at radius 1 is 0.327 bits per heavy atom. The van der Waals surface area contributed by atoms with E-state index in [1.54, 1.807) is 0 Å². The lowest BCUT2D eigenvalue weighted by Gasteiger charge is -2.19. The van der Waals surface area contributed by atoms with Gasteiger partial charge in [-0.2, -0.15) is 0 Å². The van der Waals surface area contributed by atoms with Gasteiger partial charge in [0, 0.05) is 0 Å². The van der Waals surface area contributed by atoms with Crippen LogP contribution in [0.1, 0.15) is 50.7 Å². The first-order chi connectivity index (χ1) is 25.5. The predicted octanol–water partition coefficient (Wildman–Crippen LogP) is 15.3. The Hall–Kier alpha value is -5.98. The topological polar surface area (TPSA) is 0 Å². The van der Waals surface area contributed by atoms with Crippen molar-refractivity contribution in [1.82, 2.24) is 0 Å². The number of hydrogen-bond acceptors (Lipinski definition) is 0. The van der Waals surface area contributed by atoms with Crippen molar-refractivity contribution in [1.29, 1.82) is 0 Å². The lowest BCUT2D eigenvalue weighted by atomic mass is 9.84. The van der Waals surface area contributed by atoms with Crippen molar-refractivity contribution in [3.63, 3.8) is 0 Å². The van der Waals surface area contributed by atoms with Gasteiger partial charge in [0.25, 0.3) is 0 Å². The van der Waals surface area contributed by atoms with Gasteiger partial charge in [0.05, 0.1) is 0 Å². The first kappa shape index (κ1) is 32.0. The number of rotatable bonds is 4. The van der Waals surface area contributed by atoms with E-state index in [1.165, 1.54) is 98.0 Å². The summed E-state index contributed by atoms with van der Waals surface area (Å²) in [4.78, 5) is 0. The fourth-order valence-electron chi connectivity index (χ4n) is 8.65. The summed E-state index contributed by atoms with van der Waals surface area (Å²) in [7, 11) is 0. The quantitative estimate of drug-likeness (QED) is 0.130. The highest BCUT2D eigenvalue weighted by molar-refractivity contribution is 6.27. The van der Waals surface area contributed by atoms with Crippen LogP contribution in [0.2, 0.25) is 0 Å². The Balaban J connectivity index is 0.000000139. The highest BCUT2D eigenvalue weighted by Crippen LogP contribution is 2.44. The highest BCUT2D eigenvalue weighted by Gasteiger charge is 2.18. The van der Waals surface area contributed by atoms with Crippen LogP contribution in [0.25, 0.3) is 86.9 Å². The van der Waals surface area contributed by atoms with Crippen molar-refractivity contribution in [2.24, 2.45) is 0 Å². The third-order valence-electron chi connectivity index (χ3n) is 11.0. The summed E-state index contributed by atoms with van der Waals surface area (Å²) >= 11 is 0. The molecule has 10 aromatic carbocycles. The standard InChI is InChI=1S/C27H22.C25H20/c1-18(2)26-22-11-5-7-13-24(22)27(25-14-8-6-12-23(25)26)21-16-15-19-9-3-4-10-20(19)17-21;1-16(2)20-13-12-19-15-23(17-7-4-3-5-8-17)21-10-6-9-18-11-14-22(20)25(19)24(18)21/h3-18H,1-2H3;3-16H,1-2H3. The van der Waals surface area contributed by atoms with Crippen LogP contribution < -0.4 is 0 Å². The summed E-state index contributed by atoms with van der Waals surface area (Å²) < 4.78 is 0. The van der Waals surface area contributed by atoms with Crippen molar-refractivity contribution >= 4 is 64.6 Å². The van der Waals surface area contributed by atoms with E-state index in [0.29, 0.717) is 11.8 Å². The molecule has 0 radical (unpaired) electrons. The maximum Gasteiger partial charge on any atom is -0.00205 e. The van der Waals surface area contributed by atoms with Crippen LogP contribution in [0, 0.1) is 0 Å². The summed E-state index contributed by atoms with van der Waals surface area (Å²) in [6.07, 6.45) is 0. The van der Waals surface area contributed by atoms with E-state index in [-0.39, 0.29) is 0 Å². The summed E-state index contributed by atoms with van der Waals surface area (Å²) in [5, 5.41) is 16.2. The molecule has 0 aliphatic carbocycles. The van der Waals surface area contributed by atoms with Crippen molar-refractivity contribution in [3.05, 3.63) is 181 Å². The third-order valence-corrected chi connectivity index (χ3v) is 11.0. The molecule has 52 heavy (non-hydrogen) atoms. The molecule has 0 spiro atoms. The average Bonchev–Trinajstić information content (AvgIpc) is 3.19. The Kier molecular flexibility index (Phi) is 7.97. The van der Waals surface area contributed by atoms with E-state index >= 15 is 0 Å². The summed E-state index contributed by atoms with van der Waals surface area (Å²) in [6, 6.07) is 62.2. The Morgan fingerprint density at radius 2 is 0.885 bits per heavy atom. The Bertz CT molecular complexity index is 2830. The van der Waals surface area contributed by atoms with Gasteiger partial charge in [0.15, 0.2) is 0 Å². The molecule has 0 heteroatoms. The zero-order valence-corrected chi connectivity index (χ0v) is 30.3. The number of hydrogen-bond donors (Lipinski definition) is 0. The molecule has 0 N–H and O–H groups in total. The molecule has 0 aromatic heterocycles. The van der Waals surface area contributed by atoms with Gasteiger partial charge in [0.1, 0.15) is 0 Å². The van der Waals surface area contributed by atoms with E-state index in [1.807, 2.05) is 0 Å². The van der Waals surface area contributed by atoms with Crippen LogP contribution in [0.3, 0.4) is 0 Å². The van der Waals surface area contributed by atoms with Crippen LogP contribution in [-0.4, -0.2) is 0 Å². The molecule has 0 atom stereocenters. The van der Waals surface area contributed by atoms with Gasteiger partial charge in [-0.1, -0.05) is 185 Å². The molecule has 0 heterocycles. The predicted molar refractivity (Wildman–Crippen MR) is 228 cm³/mol. The third kappa shape index (κ3) is 5.30. The fourth-order valence-corrected chi connectivity index (χ4v) is 8.65. The fraction of sp³-hybridized carbons (Fsp3) is 0.115. The van der Waals surface area contributed by atoms with E-state index in [9.17, 15) is 0 Å². The molecule has 0 nitrogen and oxygen atoms in total. The summed E-state index contributed by atoms with van der Waals surface area (Å²) in [6.45, 7) is 9.15. The van der Waals surface area contributed by atoms with Gasteiger partial charge in [-0.15, -0.1) is 0 Å². The Labute approximate surface area is 306 Å². The van der Waals surface area contributed by atoms with Gasteiger partial charge in [0.2, 0.25) is 0 Å². The highest BCUT2D eigenvalue weighted by atomic mass is 14.2. The molecular formula is C52H42. The second kappa shape index (κ2) is 13.0. The van der Waals surface area contributed by atoms with Crippen LogP contribution in [0.4, 0.5) is 0 Å². The minimum absolute atomic E-state index is 0.477. The Morgan fingerprint density at radius 3 is 1.58 bits per heavy atom. The second-order valence-electron chi connectivity index (χ2n) is 14.8. The van der Waals surface area contributed by atoms with E-state index < -0.39 is 0 Å². The average molecular weight is 667 g/mol. The van der Waals surface area contributed by atoms with Gasteiger partial charge in [-0.25, -0.2) is 0 Å². The van der Waals surface area contributed by atoms with Crippen LogP contribution >= 0.6 is 0 Å². The molecule has 0 aliphatic rings. The lowest BCUT2D eigenvalue weighted by molar-refractivity contribution is 0.877. The SMILES string of the molecule is CC(C)c1c2ccccc2c(-c2ccc3ccccc3c2)c2ccccc12.CC(C)c1ccc2cc(-c3ccccc3)c3cccc4ccc1c2c43. The summed E-state index contributed by atoms with van der Waals surface area (Å²) in [5.41, 5.74) is 8.12. The van der Waals surface area contributed by atoms with E-state index in [4.69, 9.17) is 0 Å².